The Morgan fingerprint density at radius 1 is 1.03 bits per heavy atom. The molecule has 1 heterocycles. The summed E-state index contributed by atoms with van der Waals surface area (Å²) in [5, 5.41) is 6.95. The Hall–Kier alpha value is -1.64. The molecule has 0 atom stereocenters. The topological polar surface area (TPSA) is 42.9 Å². The minimum absolute atomic E-state index is 0. The van der Waals surface area contributed by atoms with E-state index in [4.69, 9.17) is 4.99 Å². The van der Waals surface area contributed by atoms with Crippen molar-refractivity contribution in [3.63, 3.8) is 0 Å². The fourth-order valence-electron chi connectivity index (χ4n) is 3.65. The van der Waals surface area contributed by atoms with E-state index in [2.05, 4.69) is 77.9 Å². The highest BCUT2D eigenvalue weighted by Crippen LogP contribution is 2.13. The number of hydrogen-bond donors (Lipinski definition) is 2. The maximum absolute atomic E-state index is 4.81. The quantitative estimate of drug-likeness (QED) is 0.326. The van der Waals surface area contributed by atoms with Crippen LogP contribution in [-0.4, -0.2) is 62.1 Å². The molecule has 0 unspecified atom stereocenters. The molecule has 6 heteroatoms. The molecule has 0 radical (unpaired) electrons. The Morgan fingerprint density at radius 3 is 2.33 bits per heavy atom. The zero-order valence-corrected chi connectivity index (χ0v) is 20.8. The second-order valence-corrected chi connectivity index (χ2v) is 8.10. The Balaban J connectivity index is 0.00000320. The third kappa shape index (κ3) is 8.24. The van der Waals surface area contributed by atoms with Gasteiger partial charge in [-0.15, -0.1) is 24.0 Å². The lowest BCUT2D eigenvalue weighted by Gasteiger charge is -2.35. The molecule has 0 bridgehead atoms. The van der Waals surface area contributed by atoms with E-state index in [9.17, 15) is 0 Å². The zero-order chi connectivity index (χ0) is 20.5. The second-order valence-electron chi connectivity index (χ2n) is 8.10. The number of rotatable bonds is 7. The summed E-state index contributed by atoms with van der Waals surface area (Å²) in [6, 6.07) is 19.5. The molecule has 1 saturated heterocycles. The molecule has 30 heavy (non-hydrogen) atoms. The number of likely N-dealkylation sites (tertiary alicyclic amines) is 1. The van der Waals surface area contributed by atoms with E-state index in [0.29, 0.717) is 6.54 Å². The summed E-state index contributed by atoms with van der Waals surface area (Å²) in [4.78, 5) is 9.71. The first-order valence-corrected chi connectivity index (χ1v) is 10.6. The van der Waals surface area contributed by atoms with E-state index in [1.807, 2.05) is 18.2 Å². The lowest BCUT2D eigenvalue weighted by molar-refractivity contribution is 0.147. The summed E-state index contributed by atoms with van der Waals surface area (Å²) >= 11 is 0. The van der Waals surface area contributed by atoms with Crippen LogP contribution in [0.25, 0.3) is 0 Å². The summed E-state index contributed by atoms with van der Waals surface area (Å²) in [5.74, 6) is 0.833. The van der Waals surface area contributed by atoms with Crippen LogP contribution < -0.4 is 10.6 Å². The fourth-order valence-corrected chi connectivity index (χ4v) is 3.65. The highest BCUT2D eigenvalue weighted by molar-refractivity contribution is 14.0. The maximum Gasteiger partial charge on any atom is 0.196 e. The highest BCUT2D eigenvalue weighted by Gasteiger charge is 2.20. The number of halogens is 1. The molecule has 5 nitrogen and oxygen atoms in total. The summed E-state index contributed by atoms with van der Waals surface area (Å²) < 4.78 is 0. The van der Waals surface area contributed by atoms with Gasteiger partial charge in [0, 0.05) is 24.8 Å². The van der Waals surface area contributed by atoms with Gasteiger partial charge in [-0.25, -0.2) is 4.99 Å². The Labute approximate surface area is 199 Å². The average Bonchev–Trinajstić information content (AvgIpc) is 2.74. The van der Waals surface area contributed by atoms with Gasteiger partial charge in [-0.2, -0.15) is 0 Å². The first kappa shape index (κ1) is 24.6. The standard InChI is InChI=1S/C24H35N5.HI/c1-20-9-11-21(12-10-20)19-26-24(27-22-7-5-4-6-8-22)25-15-18-29-16-13-23(14-17-29)28(2)3;/h4-12,23H,13-19H2,1-3H3,(H2,25,26,27);1H. The Morgan fingerprint density at radius 2 is 1.70 bits per heavy atom. The molecule has 3 rings (SSSR count). The molecule has 2 N–H and O–H groups in total. The largest absolute Gasteiger partial charge is 0.355 e. The number of guanidine groups is 1. The predicted octanol–water partition coefficient (Wildman–Crippen LogP) is 4.20. The first-order valence-electron chi connectivity index (χ1n) is 10.6. The van der Waals surface area contributed by atoms with Crippen molar-refractivity contribution in [2.45, 2.75) is 32.4 Å². The van der Waals surface area contributed by atoms with Crippen LogP contribution in [0.5, 0.6) is 0 Å². The van der Waals surface area contributed by atoms with Gasteiger partial charge in [0.2, 0.25) is 0 Å². The number of piperidine rings is 1. The molecule has 0 aliphatic carbocycles. The molecule has 2 aromatic carbocycles. The molecule has 1 aliphatic heterocycles. The molecular weight excluding hydrogens is 485 g/mol. The summed E-state index contributed by atoms with van der Waals surface area (Å²) in [6.45, 7) is 7.05. The van der Waals surface area contributed by atoms with Gasteiger partial charge < -0.3 is 20.4 Å². The molecule has 1 aliphatic rings. The monoisotopic (exact) mass is 521 g/mol. The maximum atomic E-state index is 4.81. The van der Waals surface area contributed by atoms with E-state index in [0.717, 1.165) is 30.8 Å². The number of anilines is 1. The SMILES string of the molecule is Cc1ccc(CN=C(NCCN2CCC(N(C)C)CC2)Nc2ccccc2)cc1.I. The van der Waals surface area contributed by atoms with Crippen LogP contribution in [0, 0.1) is 6.92 Å². The van der Waals surface area contributed by atoms with Crippen LogP contribution in [0.4, 0.5) is 5.69 Å². The van der Waals surface area contributed by atoms with Gasteiger partial charge in [-0.05, 0) is 64.6 Å². The van der Waals surface area contributed by atoms with Crippen LogP contribution in [0.3, 0.4) is 0 Å². The van der Waals surface area contributed by atoms with E-state index in [1.165, 1.54) is 37.1 Å². The molecular formula is C24H36IN5. The van der Waals surface area contributed by atoms with Gasteiger partial charge in [-0.3, -0.25) is 0 Å². The minimum atomic E-state index is 0. The van der Waals surface area contributed by atoms with Crippen molar-refractivity contribution < 1.29 is 0 Å². The van der Waals surface area contributed by atoms with Crippen LogP contribution >= 0.6 is 24.0 Å². The van der Waals surface area contributed by atoms with Crippen LogP contribution in [0.2, 0.25) is 0 Å². The number of nitrogens with zero attached hydrogens (tertiary/aromatic N) is 3. The van der Waals surface area contributed by atoms with Crippen molar-refractivity contribution >= 4 is 35.6 Å². The Kier molecular flexibility index (Phi) is 10.6. The number of benzene rings is 2. The molecule has 0 saturated carbocycles. The predicted molar refractivity (Wildman–Crippen MR) is 139 cm³/mol. The molecule has 0 aromatic heterocycles. The third-order valence-corrected chi connectivity index (χ3v) is 5.58. The van der Waals surface area contributed by atoms with Gasteiger partial charge in [-0.1, -0.05) is 48.0 Å². The second kappa shape index (κ2) is 12.9. The van der Waals surface area contributed by atoms with Crippen LogP contribution in [0.15, 0.2) is 59.6 Å². The van der Waals surface area contributed by atoms with E-state index >= 15 is 0 Å². The van der Waals surface area contributed by atoms with Crippen molar-refractivity contribution in [3.05, 3.63) is 65.7 Å². The zero-order valence-electron chi connectivity index (χ0n) is 18.5. The number of hydrogen-bond acceptors (Lipinski definition) is 3. The number of aliphatic imine (C=N–C) groups is 1. The van der Waals surface area contributed by atoms with E-state index in [-0.39, 0.29) is 24.0 Å². The van der Waals surface area contributed by atoms with Crippen molar-refractivity contribution in [3.8, 4) is 0 Å². The average molecular weight is 521 g/mol. The Bertz CT molecular complexity index is 753. The van der Waals surface area contributed by atoms with Crippen LogP contribution in [-0.2, 0) is 6.54 Å². The molecule has 164 valence electrons. The lowest BCUT2D eigenvalue weighted by Crippen LogP contribution is -2.45. The van der Waals surface area contributed by atoms with Gasteiger partial charge >= 0.3 is 0 Å². The molecule has 0 spiro atoms. The normalized spacial score (nSPS) is 15.7. The number of nitrogens with one attached hydrogen (secondary N) is 2. The highest BCUT2D eigenvalue weighted by atomic mass is 127. The van der Waals surface area contributed by atoms with E-state index < -0.39 is 0 Å². The van der Waals surface area contributed by atoms with Crippen molar-refractivity contribution in [2.24, 2.45) is 4.99 Å². The van der Waals surface area contributed by atoms with Gasteiger partial charge in [0.05, 0.1) is 6.54 Å². The van der Waals surface area contributed by atoms with Crippen LogP contribution in [0.1, 0.15) is 24.0 Å². The molecule has 0 amide bonds. The third-order valence-electron chi connectivity index (χ3n) is 5.58. The van der Waals surface area contributed by atoms with Crippen molar-refractivity contribution in [1.82, 2.24) is 15.1 Å². The minimum Gasteiger partial charge on any atom is -0.355 e. The first-order chi connectivity index (χ1) is 14.1. The molecule has 1 fully saturated rings. The summed E-state index contributed by atoms with van der Waals surface area (Å²) in [6.07, 6.45) is 2.51. The smallest absolute Gasteiger partial charge is 0.196 e. The number of para-hydroxylation sites is 1. The summed E-state index contributed by atoms with van der Waals surface area (Å²) in [5.41, 5.74) is 3.54. The lowest BCUT2D eigenvalue weighted by atomic mass is 10.0. The van der Waals surface area contributed by atoms with Gasteiger partial charge in [0.1, 0.15) is 0 Å². The van der Waals surface area contributed by atoms with Gasteiger partial charge in [0.25, 0.3) is 0 Å². The molecule has 2 aromatic rings. The van der Waals surface area contributed by atoms with E-state index in [1.54, 1.807) is 0 Å². The van der Waals surface area contributed by atoms with Crippen molar-refractivity contribution in [2.75, 3.05) is 45.6 Å². The van der Waals surface area contributed by atoms with Gasteiger partial charge in [0.15, 0.2) is 5.96 Å². The summed E-state index contributed by atoms with van der Waals surface area (Å²) in [7, 11) is 4.38. The van der Waals surface area contributed by atoms with Crippen molar-refractivity contribution in [1.29, 1.82) is 0 Å². The fraction of sp³-hybridized carbons (Fsp3) is 0.458. The number of aryl methyl sites for hydroxylation is 1.